The number of alkyl halides is 6. The van der Waals surface area contributed by atoms with Crippen LogP contribution in [-0.2, 0) is 22.6 Å². The van der Waals surface area contributed by atoms with E-state index in [-0.39, 0.29) is 18.2 Å². The van der Waals surface area contributed by atoms with Gasteiger partial charge in [-0.05, 0) is 49.1 Å². The maximum absolute atomic E-state index is 13.2. The van der Waals surface area contributed by atoms with E-state index >= 15 is 0 Å². The molecule has 31 heavy (non-hydrogen) atoms. The fourth-order valence-electron chi connectivity index (χ4n) is 3.70. The highest BCUT2D eigenvalue weighted by Crippen LogP contribution is 2.39. The molecule has 1 aliphatic heterocycles. The third-order valence-corrected chi connectivity index (χ3v) is 5.57. The Kier molecular flexibility index (Phi) is 6.69. The van der Waals surface area contributed by atoms with Crippen molar-refractivity contribution in [2.45, 2.75) is 49.9 Å². The summed E-state index contributed by atoms with van der Waals surface area (Å²) in [5.41, 5.74) is -2.78. The average molecular weight is 447 g/mol. The first-order chi connectivity index (χ1) is 14.4. The van der Waals surface area contributed by atoms with E-state index in [1.807, 2.05) is 30.3 Å². The van der Waals surface area contributed by atoms with Crippen molar-refractivity contribution in [3.05, 3.63) is 70.8 Å². The molecule has 3 rings (SSSR count). The SMILES string of the molecule is CC(OCC1(c2ccccc2)CCC(O)CN1)c1cc(C(F)(F)F)cc(C(F)(F)F)c1. The summed E-state index contributed by atoms with van der Waals surface area (Å²) in [4.78, 5) is 0. The molecule has 2 aromatic rings. The van der Waals surface area contributed by atoms with Gasteiger partial charge in [-0.3, -0.25) is 0 Å². The minimum Gasteiger partial charge on any atom is -0.392 e. The second kappa shape index (κ2) is 8.80. The van der Waals surface area contributed by atoms with Crippen molar-refractivity contribution in [2.24, 2.45) is 0 Å². The van der Waals surface area contributed by atoms with Gasteiger partial charge in [0, 0.05) is 6.54 Å². The van der Waals surface area contributed by atoms with Crippen molar-refractivity contribution in [1.82, 2.24) is 5.32 Å². The van der Waals surface area contributed by atoms with Gasteiger partial charge < -0.3 is 15.2 Å². The van der Waals surface area contributed by atoms with E-state index in [4.69, 9.17) is 4.74 Å². The fraction of sp³-hybridized carbons (Fsp3) is 0.455. The highest BCUT2D eigenvalue weighted by molar-refractivity contribution is 5.35. The lowest BCUT2D eigenvalue weighted by molar-refractivity contribution is -0.143. The zero-order valence-electron chi connectivity index (χ0n) is 16.7. The first-order valence-electron chi connectivity index (χ1n) is 9.80. The lowest BCUT2D eigenvalue weighted by Gasteiger charge is -2.41. The number of ether oxygens (including phenoxy) is 1. The molecular formula is C22H23F6NO2. The quantitative estimate of drug-likeness (QED) is 0.600. The Morgan fingerprint density at radius 2 is 1.61 bits per heavy atom. The highest BCUT2D eigenvalue weighted by atomic mass is 19.4. The summed E-state index contributed by atoms with van der Waals surface area (Å²) in [6, 6.07) is 10.7. The van der Waals surface area contributed by atoms with Gasteiger partial charge in [-0.1, -0.05) is 30.3 Å². The van der Waals surface area contributed by atoms with Gasteiger partial charge >= 0.3 is 12.4 Å². The number of aliphatic hydroxyl groups is 1. The van der Waals surface area contributed by atoms with Crippen LogP contribution in [0.25, 0.3) is 0 Å². The van der Waals surface area contributed by atoms with Crippen LogP contribution in [0.15, 0.2) is 48.5 Å². The van der Waals surface area contributed by atoms with E-state index in [1.54, 1.807) is 0 Å². The molecular weight excluding hydrogens is 424 g/mol. The normalized spacial score (nSPS) is 23.5. The molecule has 1 aliphatic rings. The Balaban J connectivity index is 1.87. The van der Waals surface area contributed by atoms with Crippen LogP contribution in [0.4, 0.5) is 26.3 Å². The first kappa shape index (κ1) is 23.6. The zero-order chi connectivity index (χ0) is 22.9. The van der Waals surface area contributed by atoms with E-state index < -0.39 is 41.2 Å². The van der Waals surface area contributed by atoms with Gasteiger partial charge in [0.1, 0.15) is 0 Å². The summed E-state index contributed by atoms with van der Waals surface area (Å²) < 4.78 is 84.7. The number of nitrogens with one attached hydrogen (secondary N) is 1. The highest BCUT2D eigenvalue weighted by Gasteiger charge is 2.39. The summed E-state index contributed by atoms with van der Waals surface area (Å²) in [6.07, 6.45) is -10.4. The van der Waals surface area contributed by atoms with Crippen LogP contribution in [0.2, 0.25) is 0 Å². The topological polar surface area (TPSA) is 41.5 Å². The maximum Gasteiger partial charge on any atom is 0.416 e. The lowest BCUT2D eigenvalue weighted by Crippen LogP contribution is -2.53. The van der Waals surface area contributed by atoms with Gasteiger partial charge in [-0.2, -0.15) is 26.3 Å². The molecule has 3 nitrogen and oxygen atoms in total. The molecule has 9 heteroatoms. The van der Waals surface area contributed by atoms with E-state index in [2.05, 4.69) is 5.32 Å². The minimum absolute atomic E-state index is 0.0164. The Labute approximate surface area is 176 Å². The summed E-state index contributed by atoms with van der Waals surface area (Å²) in [5.74, 6) is 0. The molecule has 3 atom stereocenters. The molecule has 0 bridgehead atoms. The largest absolute Gasteiger partial charge is 0.416 e. The second-order valence-corrected chi connectivity index (χ2v) is 7.81. The van der Waals surface area contributed by atoms with Crippen molar-refractivity contribution in [3.63, 3.8) is 0 Å². The third kappa shape index (κ3) is 5.58. The minimum atomic E-state index is -4.91. The number of aliphatic hydroxyl groups excluding tert-OH is 1. The van der Waals surface area contributed by atoms with Crippen LogP contribution in [0.1, 0.15) is 48.1 Å². The number of hydrogen-bond donors (Lipinski definition) is 2. The summed E-state index contributed by atoms with van der Waals surface area (Å²) in [6.45, 7) is 1.74. The van der Waals surface area contributed by atoms with Crippen LogP contribution in [0.3, 0.4) is 0 Å². The van der Waals surface area contributed by atoms with Gasteiger partial charge in [0.25, 0.3) is 0 Å². The van der Waals surface area contributed by atoms with Gasteiger partial charge in [-0.15, -0.1) is 0 Å². The molecule has 0 amide bonds. The van der Waals surface area contributed by atoms with E-state index in [1.165, 1.54) is 6.92 Å². The Morgan fingerprint density at radius 3 is 2.10 bits per heavy atom. The molecule has 3 unspecified atom stereocenters. The Morgan fingerprint density at radius 1 is 1.03 bits per heavy atom. The molecule has 170 valence electrons. The lowest BCUT2D eigenvalue weighted by atomic mass is 9.82. The van der Waals surface area contributed by atoms with Crippen molar-refractivity contribution >= 4 is 0 Å². The smallest absolute Gasteiger partial charge is 0.392 e. The molecule has 0 spiro atoms. The number of halogens is 6. The maximum atomic E-state index is 13.2. The summed E-state index contributed by atoms with van der Waals surface area (Å²) in [5, 5.41) is 13.1. The van der Waals surface area contributed by atoms with Gasteiger partial charge in [-0.25, -0.2) is 0 Å². The molecule has 1 fully saturated rings. The van der Waals surface area contributed by atoms with Crippen LogP contribution >= 0.6 is 0 Å². The number of hydrogen-bond acceptors (Lipinski definition) is 3. The molecule has 0 aliphatic carbocycles. The molecule has 2 aromatic carbocycles. The molecule has 1 saturated heterocycles. The number of benzene rings is 2. The zero-order valence-corrected chi connectivity index (χ0v) is 16.7. The molecule has 0 saturated carbocycles. The molecule has 0 radical (unpaired) electrons. The summed E-state index contributed by atoms with van der Waals surface area (Å²) >= 11 is 0. The van der Waals surface area contributed by atoms with E-state index in [0.29, 0.717) is 31.5 Å². The monoisotopic (exact) mass is 447 g/mol. The van der Waals surface area contributed by atoms with Gasteiger partial charge in [0.05, 0.1) is 35.5 Å². The standard InChI is InChI=1S/C22H23F6NO2/c1-14(15-9-17(21(23,24)25)11-18(10-15)22(26,27)28)31-13-20(8-7-19(30)12-29-20)16-5-3-2-4-6-16/h2-6,9-11,14,19,29-30H,7-8,12-13H2,1H3. The number of β-amino-alcohol motifs (C(OH)–C–C–N with tert-alkyl or cyclic N) is 1. The van der Waals surface area contributed by atoms with Crippen molar-refractivity contribution in [2.75, 3.05) is 13.2 Å². The van der Waals surface area contributed by atoms with E-state index in [0.717, 1.165) is 5.56 Å². The number of piperidine rings is 1. The fourth-order valence-corrected chi connectivity index (χ4v) is 3.70. The van der Waals surface area contributed by atoms with E-state index in [9.17, 15) is 31.4 Å². The first-order valence-corrected chi connectivity index (χ1v) is 9.80. The van der Waals surface area contributed by atoms with Crippen molar-refractivity contribution in [1.29, 1.82) is 0 Å². The van der Waals surface area contributed by atoms with Crippen LogP contribution < -0.4 is 5.32 Å². The molecule has 1 heterocycles. The van der Waals surface area contributed by atoms with Crippen molar-refractivity contribution < 1.29 is 36.2 Å². The summed E-state index contributed by atoms with van der Waals surface area (Å²) in [7, 11) is 0. The predicted molar refractivity (Wildman–Crippen MR) is 102 cm³/mol. The number of rotatable bonds is 5. The van der Waals surface area contributed by atoms with Crippen LogP contribution in [-0.4, -0.2) is 24.4 Å². The van der Waals surface area contributed by atoms with Crippen LogP contribution in [0, 0.1) is 0 Å². The van der Waals surface area contributed by atoms with Gasteiger partial charge in [0.2, 0.25) is 0 Å². The molecule has 2 N–H and O–H groups in total. The third-order valence-electron chi connectivity index (χ3n) is 5.57. The second-order valence-electron chi connectivity index (χ2n) is 7.81. The van der Waals surface area contributed by atoms with Crippen LogP contribution in [0.5, 0.6) is 0 Å². The predicted octanol–water partition coefficient (Wildman–Crippen LogP) is 5.44. The van der Waals surface area contributed by atoms with Crippen molar-refractivity contribution in [3.8, 4) is 0 Å². The molecule has 0 aromatic heterocycles. The van der Waals surface area contributed by atoms with Gasteiger partial charge in [0.15, 0.2) is 0 Å². The Hall–Kier alpha value is -2.10. The average Bonchev–Trinajstić information content (AvgIpc) is 2.72. The Bertz CT molecular complexity index is 842.